The van der Waals surface area contributed by atoms with E-state index in [0.29, 0.717) is 12.1 Å². The zero-order valence-corrected chi connectivity index (χ0v) is 14.4. The number of nitrogens with two attached hydrogens (primary N) is 1. The molecule has 0 spiro atoms. The number of hydrogen-bond donors (Lipinski definition) is 1. The number of alkyl halides is 3. The van der Waals surface area contributed by atoms with Gasteiger partial charge >= 0.3 is 6.18 Å². The molecule has 4 rings (SSSR count). The van der Waals surface area contributed by atoms with Crippen LogP contribution in [0.3, 0.4) is 0 Å². The van der Waals surface area contributed by atoms with E-state index in [-0.39, 0.29) is 10.8 Å². The van der Waals surface area contributed by atoms with Crippen molar-refractivity contribution in [3.8, 4) is 6.07 Å². The van der Waals surface area contributed by atoms with E-state index in [1.165, 1.54) is 12.1 Å². The predicted octanol–water partition coefficient (Wildman–Crippen LogP) is 3.22. The Morgan fingerprint density at radius 1 is 1.22 bits per heavy atom. The molecule has 0 saturated carbocycles. The molecule has 0 aromatic heterocycles. The lowest BCUT2D eigenvalue weighted by Gasteiger charge is -2.21. The first-order valence-corrected chi connectivity index (χ1v) is 8.30. The van der Waals surface area contributed by atoms with E-state index < -0.39 is 29.3 Å². The number of fused-ring (bicyclic) bond motifs is 3. The summed E-state index contributed by atoms with van der Waals surface area (Å²) in [5.41, 5.74) is 6.31. The van der Waals surface area contributed by atoms with Crippen LogP contribution in [-0.4, -0.2) is 17.1 Å². The van der Waals surface area contributed by atoms with Gasteiger partial charge in [-0.1, -0.05) is 0 Å². The van der Waals surface area contributed by atoms with Crippen LogP contribution < -0.4 is 15.5 Å². The number of amides is 1. The first-order chi connectivity index (χ1) is 12.7. The van der Waals surface area contributed by atoms with Crippen molar-refractivity contribution in [2.45, 2.75) is 18.6 Å². The quantitative estimate of drug-likeness (QED) is 0.600. The third kappa shape index (κ3) is 2.52. The molecule has 1 saturated heterocycles. The van der Waals surface area contributed by atoms with Crippen molar-refractivity contribution in [3.63, 3.8) is 0 Å². The number of carbonyl (C=O) groups is 1. The molecule has 2 aliphatic heterocycles. The third-order valence-electron chi connectivity index (χ3n) is 4.68. The zero-order valence-electron chi connectivity index (χ0n) is 13.6. The van der Waals surface area contributed by atoms with Crippen molar-refractivity contribution in [1.82, 2.24) is 0 Å². The Morgan fingerprint density at radius 2 is 1.96 bits per heavy atom. The van der Waals surface area contributed by atoms with Gasteiger partial charge in [-0.3, -0.25) is 9.69 Å². The summed E-state index contributed by atoms with van der Waals surface area (Å²) < 4.78 is 39.8. The lowest BCUT2D eigenvalue weighted by molar-refractivity contribution is -0.137. The van der Waals surface area contributed by atoms with E-state index in [4.69, 9.17) is 23.2 Å². The molecular formula is C18H11F3N4OS. The van der Waals surface area contributed by atoms with Crippen molar-refractivity contribution in [2.24, 2.45) is 0 Å². The summed E-state index contributed by atoms with van der Waals surface area (Å²) in [6.45, 7) is 0. The molecule has 0 radical (unpaired) electrons. The minimum atomic E-state index is -4.72. The molecular weight excluding hydrogens is 377 g/mol. The number of benzene rings is 2. The van der Waals surface area contributed by atoms with Gasteiger partial charge < -0.3 is 10.6 Å². The van der Waals surface area contributed by atoms with Gasteiger partial charge in [0.15, 0.2) is 5.11 Å². The zero-order chi connectivity index (χ0) is 19.5. The summed E-state index contributed by atoms with van der Waals surface area (Å²) in [6.07, 6.45) is -4.34. The number of thiocarbonyl (C=S) groups is 1. The van der Waals surface area contributed by atoms with Crippen LogP contribution in [0.1, 0.15) is 16.7 Å². The van der Waals surface area contributed by atoms with Gasteiger partial charge in [0.2, 0.25) is 0 Å². The van der Waals surface area contributed by atoms with Crippen LogP contribution in [0.4, 0.5) is 30.2 Å². The number of carbonyl (C=O) groups excluding carboxylic acids is 1. The van der Waals surface area contributed by atoms with Crippen LogP contribution in [0, 0.1) is 11.3 Å². The van der Waals surface area contributed by atoms with Gasteiger partial charge in [-0.2, -0.15) is 18.4 Å². The maximum absolute atomic E-state index is 13.3. The lowest BCUT2D eigenvalue weighted by atomic mass is 10.1. The second kappa shape index (κ2) is 5.69. The molecule has 0 bridgehead atoms. The number of nitriles is 1. The maximum Gasteiger partial charge on any atom is 0.417 e. The minimum Gasteiger partial charge on any atom is -0.399 e. The summed E-state index contributed by atoms with van der Waals surface area (Å²) in [5, 5.41) is 9.03. The van der Waals surface area contributed by atoms with E-state index in [1.807, 2.05) is 0 Å². The highest BCUT2D eigenvalue weighted by atomic mass is 32.1. The van der Waals surface area contributed by atoms with E-state index in [2.05, 4.69) is 0 Å². The van der Waals surface area contributed by atoms with Gasteiger partial charge in [0.1, 0.15) is 6.04 Å². The average molecular weight is 388 g/mol. The van der Waals surface area contributed by atoms with E-state index >= 15 is 0 Å². The molecule has 1 unspecified atom stereocenters. The van der Waals surface area contributed by atoms with E-state index in [1.54, 1.807) is 23.1 Å². The number of hydrogen-bond acceptors (Lipinski definition) is 4. The summed E-state index contributed by atoms with van der Waals surface area (Å²) in [7, 11) is 0. The standard InChI is InChI=1S/C18H11F3N4OS/c19-18(20,21)13-7-12(3-1-9(13)8-22)24-16(26)15-6-10-5-11(23)2-4-14(10)25(15)17(24)27/h1-5,7,15H,6,23H2. The molecule has 5 nitrogen and oxygen atoms in total. The molecule has 2 N–H and O–H groups in total. The van der Waals surface area contributed by atoms with Crippen LogP contribution in [0.15, 0.2) is 36.4 Å². The molecule has 2 aromatic carbocycles. The Hall–Kier alpha value is -3.12. The first kappa shape index (κ1) is 17.3. The Kier molecular flexibility index (Phi) is 3.65. The maximum atomic E-state index is 13.3. The molecule has 136 valence electrons. The van der Waals surface area contributed by atoms with Crippen LogP contribution >= 0.6 is 12.2 Å². The monoisotopic (exact) mass is 388 g/mol. The van der Waals surface area contributed by atoms with Gasteiger partial charge in [0, 0.05) is 17.8 Å². The molecule has 2 aromatic rings. The Labute approximate surface area is 157 Å². The highest BCUT2D eigenvalue weighted by Gasteiger charge is 2.48. The molecule has 27 heavy (non-hydrogen) atoms. The number of rotatable bonds is 1. The largest absolute Gasteiger partial charge is 0.417 e. The van der Waals surface area contributed by atoms with Crippen LogP contribution in [0.5, 0.6) is 0 Å². The Balaban J connectivity index is 1.77. The summed E-state index contributed by atoms with van der Waals surface area (Å²) in [5.74, 6) is -0.410. The average Bonchev–Trinajstić information content (AvgIpc) is 3.09. The normalized spacial score (nSPS) is 18.5. The van der Waals surface area contributed by atoms with Crippen LogP contribution in [0.2, 0.25) is 0 Å². The number of anilines is 3. The summed E-state index contributed by atoms with van der Waals surface area (Å²) >= 11 is 5.40. The number of nitrogen functional groups attached to an aromatic ring is 1. The molecule has 1 amide bonds. The second-order valence-electron chi connectivity index (χ2n) is 6.27. The van der Waals surface area contributed by atoms with Crippen molar-refractivity contribution in [1.29, 1.82) is 5.26 Å². The van der Waals surface area contributed by atoms with Gasteiger partial charge in [-0.25, -0.2) is 0 Å². The first-order valence-electron chi connectivity index (χ1n) is 7.89. The fourth-order valence-electron chi connectivity index (χ4n) is 3.50. The molecule has 1 fully saturated rings. The summed E-state index contributed by atoms with van der Waals surface area (Å²) in [4.78, 5) is 15.6. The van der Waals surface area contributed by atoms with Crippen molar-refractivity contribution < 1.29 is 18.0 Å². The van der Waals surface area contributed by atoms with Gasteiger partial charge in [-0.15, -0.1) is 0 Å². The predicted molar refractivity (Wildman–Crippen MR) is 97.1 cm³/mol. The fourth-order valence-corrected chi connectivity index (χ4v) is 3.92. The lowest BCUT2D eigenvalue weighted by Crippen LogP contribution is -2.33. The molecule has 2 aliphatic rings. The highest BCUT2D eigenvalue weighted by molar-refractivity contribution is 7.81. The Bertz CT molecular complexity index is 1040. The topological polar surface area (TPSA) is 73.4 Å². The molecule has 0 aliphatic carbocycles. The van der Waals surface area contributed by atoms with Gasteiger partial charge in [0.05, 0.1) is 22.9 Å². The van der Waals surface area contributed by atoms with Crippen molar-refractivity contribution in [3.05, 3.63) is 53.1 Å². The van der Waals surface area contributed by atoms with Crippen molar-refractivity contribution in [2.75, 3.05) is 15.5 Å². The minimum absolute atomic E-state index is 0.0114. The molecule has 9 heteroatoms. The van der Waals surface area contributed by atoms with E-state index in [0.717, 1.165) is 28.3 Å². The Morgan fingerprint density at radius 3 is 2.63 bits per heavy atom. The summed E-state index contributed by atoms with van der Waals surface area (Å²) in [6, 6.07) is 9.23. The van der Waals surface area contributed by atoms with Gasteiger partial charge in [0.25, 0.3) is 5.91 Å². The molecule has 2 heterocycles. The van der Waals surface area contributed by atoms with E-state index in [9.17, 15) is 18.0 Å². The number of nitrogens with zero attached hydrogens (tertiary/aromatic N) is 3. The van der Waals surface area contributed by atoms with Gasteiger partial charge in [-0.05, 0) is 54.2 Å². The molecule has 1 atom stereocenters. The SMILES string of the molecule is N#Cc1ccc(N2C(=O)C3Cc4cc(N)ccc4N3C2=S)cc1C(F)(F)F. The second-order valence-corrected chi connectivity index (χ2v) is 6.64. The van der Waals surface area contributed by atoms with Crippen LogP contribution in [0.25, 0.3) is 0 Å². The number of halogens is 3. The smallest absolute Gasteiger partial charge is 0.399 e. The third-order valence-corrected chi connectivity index (χ3v) is 5.06. The van der Waals surface area contributed by atoms with Crippen LogP contribution in [-0.2, 0) is 17.4 Å². The highest BCUT2D eigenvalue weighted by Crippen LogP contribution is 2.41. The fraction of sp³-hybridized carbons (Fsp3) is 0.167. The van der Waals surface area contributed by atoms with Crippen molar-refractivity contribution >= 4 is 40.3 Å².